The van der Waals surface area contributed by atoms with Gasteiger partial charge in [-0.2, -0.15) is 0 Å². The second kappa shape index (κ2) is 4.24. The fraction of sp³-hybridized carbons (Fsp3) is 0.909. The van der Waals surface area contributed by atoms with Crippen LogP contribution in [0.3, 0.4) is 0 Å². The third-order valence-corrected chi connectivity index (χ3v) is 5.87. The third kappa shape index (κ3) is 2.20. The maximum atomic E-state index is 11.8. The second-order valence-electron chi connectivity index (χ2n) is 5.33. The van der Waals surface area contributed by atoms with Crippen LogP contribution in [0.5, 0.6) is 0 Å². The number of hydrogen-bond acceptors (Lipinski definition) is 4. The van der Waals surface area contributed by atoms with Crippen LogP contribution in [0.4, 0.5) is 0 Å². The minimum Gasteiger partial charge on any atom is -0.314 e. The van der Waals surface area contributed by atoms with E-state index in [4.69, 9.17) is 0 Å². The predicted octanol–water partition coefficient (Wildman–Crippen LogP) is 0.469. The number of hydrogen-bond donors (Lipinski definition) is 1. The Bertz CT molecular complexity index is 412. The monoisotopic (exact) mass is 260 g/mol. The maximum Gasteiger partial charge on any atom is 0.258 e. The molecule has 2 rings (SSSR count). The first-order chi connectivity index (χ1) is 7.87. The SMILES string of the molecule is CC1(C)C(=O)N(CCCCNC2CC2)S1(=O)=O. The van der Waals surface area contributed by atoms with Crippen molar-refractivity contribution in [3.63, 3.8) is 0 Å². The smallest absolute Gasteiger partial charge is 0.258 e. The van der Waals surface area contributed by atoms with Crippen molar-refractivity contribution in [1.82, 2.24) is 9.62 Å². The van der Waals surface area contributed by atoms with Gasteiger partial charge in [0.25, 0.3) is 15.9 Å². The minimum absolute atomic E-state index is 0.271. The van der Waals surface area contributed by atoms with E-state index < -0.39 is 14.8 Å². The highest BCUT2D eigenvalue weighted by Crippen LogP contribution is 2.34. The maximum absolute atomic E-state index is 11.8. The first kappa shape index (κ1) is 12.8. The van der Waals surface area contributed by atoms with E-state index in [1.807, 2.05) is 0 Å². The molecule has 2 fully saturated rings. The molecule has 1 N–H and O–H groups in total. The lowest BCUT2D eigenvalue weighted by molar-refractivity contribution is -0.132. The number of carbonyl (C=O) groups excluding carboxylic acids is 1. The van der Waals surface area contributed by atoms with Gasteiger partial charge in [-0.25, -0.2) is 12.7 Å². The molecule has 1 saturated heterocycles. The van der Waals surface area contributed by atoms with Gasteiger partial charge in [-0.05, 0) is 46.1 Å². The van der Waals surface area contributed by atoms with Crippen molar-refractivity contribution < 1.29 is 13.2 Å². The molecule has 6 heteroatoms. The number of nitrogens with one attached hydrogen (secondary N) is 1. The van der Waals surface area contributed by atoms with Crippen LogP contribution in [0.25, 0.3) is 0 Å². The molecule has 1 heterocycles. The lowest BCUT2D eigenvalue weighted by Gasteiger charge is -2.43. The second-order valence-corrected chi connectivity index (χ2v) is 7.74. The number of carbonyl (C=O) groups is 1. The Morgan fingerprint density at radius 3 is 2.53 bits per heavy atom. The molecule has 0 radical (unpaired) electrons. The van der Waals surface area contributed by atoms with Gasteiger partial charge >= 0.3 is 0 Å². The molecule has 1 aliphatic carbocycles. The molecule has 17 heavy (non-hydrogen) atoms. The lowest BCUT2D eigenvalue weighted by Crippen LogP contribution is -2.67. The third-order valence-electron chi connectivity index (χ3n) is 3.47. The van der Waals surface area contributed by atoms with Crippen molar-refractivity contribution >= 4 is 15.9 Å². The highest BCUT2D eigenvalue weighted by atomic mass is 32.2. The van der Waals surface area contributed by atoms with Crippen LogP contribution in [0.15, 0.2) is 0 Å². The summed E-state index contributed by atoms with van der Waals surface area (Å²) >= 11 is 0. The summed E-state index contributed by atoms with van der Waals surface area (Å²) in [5.74, 6) is -0.271. The van der Waals surface area contributed by atoms with Crippen LogP contribution in [-0.4, -0.2) is 42.5 Å². The summed E-state index contributed by atoms with van der Waals surface area (Å²) in [5.41, 5.74) is 0. The van der Waals surface area contributed by atoms with Crippen molar-refractivity contribution in [3.05, 3.63) is 0 Å². The lowest BCUT2D eigenvalue weighted by atomic mass is 10.2. The average molecular weight is 260 g/mol. The molecule has 98 valence electrons. The van der Waals surface area contributed by atoms with Gasteiger partial charge in [0.2, 0.25) is 0 Å². The molecule has 0 aromatic heterocycles. The molecule has 0 atom stereocenters. The van der Waals surface area contributed by atoms with Gasteiger partial charge in [0.1, 0.15) is 0 Å². The highest BCUT2D eigenvalue weighted by Gasteiger charge is 2.59. The van der Waals surface area contributed by atoms with Gasteiger partial charge in [-0.15, -0.1) is 0 Å². The largest absolute Gasteiger partial charge is 0.314 e. The molecular weight excluding hydrogens is 240 g/mol. The van der Waals surface area contributed by atoms with Gasteiger partial charge < -0.3 is 5.32 Å². The van der Waals surface area contributed by atoms with Gasteiger partial charge in [-0.3, -0.25) is 4.79 Å². The van der Waals surface area contributed by atoms with E-state index in [9.17, 15) is 13.2 Å². The van der Waals surface area contributed by atoms with Crippen molar-refractivity contribution in [1.29, 1.82) is 0 Å². The Labute approximate surface area is 103 Å². The van der Waals surface area contributed by atoms with E-state index in [1.54, 1.807) is 0 Å². The van der Waals surface area contributed by atoms with Crippen LogP contribution in [0.1, 0.15) is 39.5 Å². The number of rotatable bonds is 6. The van der Waals surface area contributed by atoms with Gasteiger partial charge in [0, 0.05) is 12.6 Å². The standard InChI is InChI=1S/C11H20N2O3S/c1-11(2)10(14)13(17(11,15)16)8-4-3-7-12-9-5-6-9/h9,12H,3-8H2,1-2H3. The summed E-state index contributed by atoms with van der Waals surface area (Å²) in [6, 6.07) is 0.684. The Kier molecular flexibility index (Phi) is 3.20. The molecule has 0 unspecified atom stereocenters. The van der Waals surface area contributed by atoms with Crippen LogP contribution < -0.4 is 5.32 Å². The normalized spacial score (nSPS) is 25.8. The molecular formula is C11H20N2O3S. The summed E-state index contributed by atoms with van der Waals surface area (Å²) < 4.78 is 23.3. The van der Waals surface area contributed by atoms with Gasteiger partial charge in [0.05, 0.1) is 0 Å². The topological polar surface area (TPSA) is 66.5 Å². The first-order valence-electron chi connectivity index (χ1n) is 6.17. The zero-order valence-corrected chi connectivity index (χ0v) is 11.2. The van der Waals surface area contributed by atoms with E-state index in [0.29, 0.717) is 12.6 Å². The van der Waals surface area contributed by atoms with Crippen molar-refractivity contribution in [2.75, 3.05) is 13.1 Å². The summed E-state index contributed by atoms with van der Waals surface area (Å²) in [7, 11) is -3.38. The van der Waals surface area contributed by atoms with E-state index in [1.165, 1.54) is 26.7 Å². The quantitative estimate of drug-likeness (QED) is 0.705. The van der Waals surface area contributed by atoms with Gasteiger partial charge in [-0.1, -0.05) is 0 Å². The van der Waals surface area contributed by atoms with Crippen molar-refractivity contribution in [3.8, 4) is 0 Å². The number of nitrogens with zero attached hydrogens (tertiary/aromatic N) is 1. The first-order valence-corrected chi connectivity index (χ1v) is 7.61. The molecule has 0 aromatic rings. The molecule has 1 amide bonds. The summed E-state index contributed by atoms with van der Waals surface area (Å²) in [5, 5.41) is 3.36. The predicted molar refractivity (Wildman–Crippen MR) is 65.0 cm³/mol. The highest BCUT2D eigenvalue weighted by molar-refractivity contribution is 7.94. The van der Waals surface area contributed by atoms with E-state index in [2.05, 4.69) is 5.32 Å². The zero-order chi connectivity index (χ0) is 12.7. The molecule has 0 spiro atoms. The fourth-order valence-electron chi connectivity index (χ4n) is 1.95. The Morgan fingerprint density at radius 2 is 2.00 bits per heavy atom. The fourth-order valence-corrected chi connectivity index (χ4v) is 3.52. The molecule has 1 aliphatic heterocycles. The van der Waals surface area contributed by atoms with E-state index in [0.717, 1.165) is 23.7 Å². The van der Waals surface area contributed by atoms with Crippen molar-refractivity contribution in [2.24, 2.45) is 0 Å². The van der Waals surface area contributed by atoms with Crippen LogP contribution in [0, 0.1) is 0 Å². The number of amides is 1. The molecule has 1 saturated carbocycles. The summed E-state index contributed by atoms with van der Waals surface area (Å²) in [6.07, 6.45) is 4.16. The molecule has 0 aromatic carbocycles. The average Bonchev–Trinajstić information content (AvgIpc) is 3.05. The number of sulfonamides is 1. The van der Waals surface area contributed by atoms with Crippen LogP contribution in [0.2, 0.25) is 0 Å². The van der Waals surface area contributed by atoms with Crippen LogP contribution >= 0.6 is 0 Å². The molecule has 0 bridgehead atoms. The Hall–Kier alpha value is -0.620. The zero-order valence-electron chi connectivity index (χ0n) is 10.4. The van der Waals surface area contributed by atoms with Crippen LogP contribution in [-0.2, 0) is 14.8 Å². The molecule has 2 aliphatic rings. The van der Waals surface area contributed by atoms with Gasteiger partial charge in [0.15, 0.2) is 4.75 Å². The van der Waals surface area contributed by atoms with E-state index in [-0.39, 0.29) is 5.91 Å². The number of unbranched alkanes of at least 4 members (excludes halogenated alkanes) is 1. The van der Waals surface area contributed by atoms with E-state index >= 15 is 0 Å². The summed E-state index contributed by atoms with van der Waals surface area (Å²) in [6.45, 7) is 4.18. The Balaban J connectivity index is 1.71. The Morgan fingerprint density at radius 1 is 1.35 bits per heavy atom. The van der Waals surface area contributed by atoms with Crippen molar-refractivity contribution in [2.45, 2.75) is 50.3 Å². The minimum atomic E-state index is -3.38. The summed E-state index contributed by atoms with van der Waals surface area (Å²) in [4.78, 5) is 11.6. The molecule has 5 nitrogen and oxygen atoms in total.